The van der Waals surface area contributed by atoms with Crippen molar-refractivity contribution in [3.05, 3.63) is 58.9 Å². The van der Waals surface area contributed by atoms with E-state index < -0.39 is 0 Å². The highest BCUT2D eigenvalue weighted by Gasteiger charge is 2.23. The first-order chi connectivity index (χ1) is 12.4. The Morgan fingerprint density at radius 1 is 1.08 bits per heavy atom. The summed E-state index contributed by atoms with van der Waals surface area (Å²) in [6.45, 7) is 7.63. The fraction of sp³-hybridized carbons (Fsp3) is 0.381. The fourth-order valence-corrected chi connectivity index (χ4v) is 3.11. The lowest BCUT2D eigenvalue weighted by molar-refractivity contribution is 0.0691. The monoisotopic (exact) mass is 351 g/mol. The van der Waals surface area contributed by atoms with Gasteiger partial charge in [0.05, 0.1) is 0 Å². The molecule has 1 fully saturated rings. The molecule has 1 saturated heterocycles. The fourth-order valence-electron chi connectivity index (χ4n) is 3.11. The first kappa shape index (κ1) is 18.1. The van der Waals surface area contributed by atoms with Crippen LogP contribution < -0.4 is 5.32 Å². The topological polar surface area (TPSA) is 62.3 Å². The predicted octanol–water partition coefficient (Wildman–Crippen LogP) is 3.82. The van der Waals surface area contributed by atoms with Crippen molar-refractivity contribution in [3.8, 4) is 0 Å². The Morgan fingerprint density at radius 2 is 1.77 bits per heavy atom. The normalized spacial score (nSPS) is 15.0. The van der Waals surface area contributed by atoms with Crippen molar-refractivity contribution in [3.63, 3.8) is 0 Å². The second-order valence-corrected chi connectivity index (χ2v) is 7.16. The lowest BCUT2D eigenvalue weighted by Crippen LogP contribution is -2.38. The zero-order valence-electron chi connectivity index (χ0n) is 15.6. The standard InChI is InChI=1S/C21H25N3O2/c1-14-9-11-24(12-10-14)21(26)18-6-4-5-17(22-18)20(25)23-19-13-15(2)7-8-16(19)3/h4-8,13-14H,9-12H2,1-3H3,(H,23,25). The van der Waals surface area contributed by atoms with Gasteiger partial charge in [-0.15, -0.1) is 0 Å². The molecule has 0 spiro atoms. The molecule has 3 rings (SSSR count). The number of likely N-dealkylation sites (tertiary alicyclic amines) is 1. The van der Waals surface area contributed by atoms with Crippen molar-refractivity contribution >= 4 is 17.5 Å². The van der Waals surface area contributed by atoms with Crippen molar-refractivity contribution in [2.45, 2.75) is 33.6 Å². The number of hydrogen-bond donors (Lipinski definition) is 1. The number of aromatic nitrogens is 1. The van der Waals surface area contributed by atoms with Gasteiger partial charge in [0.15, 0.2) is 0 Å². The molecule has 1 aromatic heterocycles. The van der Waals surface area contributed by atoms with Crippen LogP contribution in [0.5, 0.6) is 0 Å². The molecule has 2 heterocycles. The number of rotatable bonds is 3. The first-order valence-corrected chi connectivity index (χ1v) is 9.09. The van der Waals surface area contributed by atoms with Crippen molar-refractivity contribution in [2.24, 2.45) is 5.92 Å². The number of pyridine rings is 1. The van der Waals surface area contributed by atoms with Crippen LogP contribution in [0.2, 0.25) is 0 Å². The van der Waals surface area contributed by atoms with Gasteiger partial charge in [0, 0.05) is 18.8 Å². The summed E-state index contributed by atoms with van der Waals surface area (Å²) >= 11 is 0. The SMILES string of the molecule is Cc1ccc(C)c(NC(=O)c2cccc(C(=O)N3CCC(C)CC3)n2)c1. The van der Waals surface area contributed by atoms with Crippen LogP contribution in [0.1, 0.15) is 51.9 Å². The molecule has 1 aromatic carbocycles. The van der Waals surface area contributed by atoms with Crippen LogP contribution in [0.15, 0.2) is 36.4 Å². The zero-order chi connectivity index (χ0) is 18.7. The Bertz CT molecular complexity index is 824. The summed E-state index contributed by atoms with van der Waals surface area (Å²) < 4.78 is 0. The van der Waals surface area contributed by atoms with Crippen molar-refractivity contribution in [2.75, 3.05) is 18.4 Å². The molecule has 2 aromatic rings. The highest BCUT2D eigenvalue weighted by Crippen LogP contribution is 2.19. The minimum absolute atomic E-state index is 0.0988. The van der Waals surface area contributed by atoms with Gasteiger partial charge in [-0.25, -0.2) is 4.98 Å². The summed E-state index contributed by atoms with van der Waals surface area (Å²) in [6.07, 6.45) is 2.02. The Hall–Kier alpha value is -2.69. The zero-order valence-corrected chi connectivity index (χ0v) is 15.6. The molecule has 0 radical (unpaired) electrons. The van der Waals surface area contributed by atoms with E-state index in [0.717, 1.165) is 42.7 Å². The average Bonchev–Trinajstić information content (AvgIpc) is 2.65. The highest BCUT2D eigenvalue weighted by atomic mass is 16.2. The van der Waals surface area contributed by atoms with Crippen LogP contribution in [0.25, 0.3) is 0 Å². The van der Waals surface area contributed by atoms with Crippen molar-refractivity contribution in [1.29, 1.82) is 0 Å². The number of piperidine rings is 1. The van der Waals surface area contributed by atoms with Crippen LogP contribution in [0.3, 0.4) is 0 Å². The Balaban J connectivity index is 1.75. The van der Waals surface area contributed by atoms with E-state index in [1.165, 1.54) is 0 Å². The van der Waals surface area contributed by atoms with E-state index in [1.807, 2.05) is 36.9 Å². The molecule has 5 heteroatoms. The first-order valence-electron chi connectivity index (χ1n) is 9.09. The number of carbonyl (C=O) groups is 2. The van der Waals surface area contributed by atoms with Gasteiger partial charge in [0.25, 0.3) is 11.8 Å². The summed E-state index contributed by atoms with van der Waals surface area (Å²) in [4.78, 5) is 31.4. The lowest BCUT2D eigenvalue weighted by atomic mass is 9.99. The summed E-state index contributed by atoms with van der Waals surface area (Å²) in [5.41, 5.74) is 3.40. The molecule has 0 atom stereocenters. The number of benzene rings is 1. The smallest absolute Gasteiger partial charge is 0.274 e. The Labute approximate surface area is 154 Å². The Morgan fingerprint density at radius 3 is 2.50 bits per heavy atom. The van der Waals surface area contributed by atoms with Gasteiger partial charge in [0.1, 0.15) is 11.4 Å². The molecule has 1 aliphatic heterocycles. The number of aryl methyl sites for hydroxylation is 2. The predicted molar refractivity (Wildman–Crippen MR) is 102 cm³/mol. The molecule has 1 N–H and O–H groups in total. The minimum Gasteiger partial charge on any atom is -0.337 e. The van der Waals surface area contributed by atoms with Crippen molar-refractivity contribution in [1.82, 2.24) is 9.88 Å². The number of hydrogen-bond acceptors (Lipinski definition) is 3. The average molecular weight is 351 g/mol. The lowest BCUT2D eigenvalue weighted by Gasteiger charge is -2.30. The van der Waals surface area contributed by atoms with E-state index in [2.05, 4.69) is 17.2 Å². The molecule has 136 valence electrons. The van der Waals surface area contributed by atoms with Crippen molar-refractivity contribution < 1.29 is 9.59 Å². The van der Waals surface area contributed by atoms with Crippen LogP contribution >= 0.6 is 0 Å². The maximum Gasteiger partial charge on any atom is 0.274 e. The van der Waals surface area contributed by atoms with Crippen LogP contribution in [-0.2, 0) is 0 Å². The summed E-state index contributed by atoms with van der Waals surface area (Å²) in [6, 6.07) is 10.9. The third kappa shape index (κ3) is 4.10. The molecule has 0 bridgehead atoms. The second kappa shape index (κ2) is 7.68. The minimum atomic E-state index is -0.305. The Kier molecular flexibility index (Phi) is 5.35. The van der Waals surface area contributed by atoms with Gasteiger partial charge in [-0.05, 0) is 61.9 Å². The van der Waals surface area contributed by atoms with Gasteiger partial charge in [0.2, 0.25) is 0 Å². The van der Waals surface area contributed by atoms with E-state index in [0.29, 0.717) is 11.6 Å². The van der Waals surface area contributed by atoms with Gasteiger partial charge in [-0.2, -0.15) is 0 Å². The number of anilines is 1. The van der Waals surface area contributed by atoms with E-state index in [9.17, 15) is 9.59 Å². The highest BCUT2D eigenvalue weighted by molar-refractivity contribution is 6.04. The van der Waals surface area contributed by atoms with Gasteiger partial charge in [-0.3, -0.25) is 9.59 Å². The molecule has 1 aliphatic rings. The molecule has 0 aliphatic carbocycles. The summed E-state index contributed by atoms with van der Waals surface area (Å²) in [5, 5.41) is 2.89. The second-order valence-electron chi connectivity index (χ2n) is 7.16. The van der Waals surface area contributed by atoms with Gasteiger partial charge >= 0.3 is 0 Å². The third-order valence-electron chi connectivity index (χ3n) is 4.91. The van der Waals surface area contributed by atoms with Gasteiger partial charge in [-0.1, -0.05) is 25.1 Å². The summed E-state index contributed by atoms with van der Waals surface area (Å²) in [7, 11) is 0. The number of nitrogens with one attached hydrogen (secondary N) is 1. The van der Waals surface area contributed by atoms with Crippen LogP contribution in [0.4, 0.5) is 5.69 Å². The summed E-state index contributed by atoms with van der Waals surface area (Å²) in [5.74, 6) is 0.251. The van der Waals surface area contributed by atoms with Gasteiger partial charge < -0.3 is 10.2 Å². The number of amides is 2. The maximum atomic E-state index is 12.7. The van der Waals surface area contributed by atoms with E-state index in [-0.39, 0.29) is 17.5 Å². The molecular formula is C21H25N3O2. The quantitative estimate of drug-likeness (QED) is 0.914. The largest absolute Gasteiger partial charge is 0.337 e. The number of nitrogens with zero attached hydrogens (tertiary/aromatic N) is 2. The van der Waals surface area contributed by atoms with Crippen LogP contribution in [0, 0.1) is 19.8 Å². The molecule has 0 saturated carbocycles. The third-order valence-corrected chi connectivity index (χ3v) is 4.91. The molecule has 5 nitrogen and oxygen atoms in total. The molecular weight excluding hydrogens is 326 g/mol. The van der Waals surface area contributed by atoms with Crippen LogP contribution in [-0.4, -0.2) is 34.8 Å². The van der Waals surface area contributed by atoms with E-state index >= 15 is 0 Å². The molecule has 2 amide bonds. The molecule has 0 unspecified atom stereocenters. The number of carbonyl (C=O) groups excluding carboxylic acids is 2. The van der Waals surface area contributed by atoms with E-state index in [4.69, 9.17) is 0 Å². The molecule has 26 heavy (non-hydrogen) atoms. The van der Waals surface area contributed by atoms with E-state index in [1.54, 1.807) is 18.2 Å². The maximum absolute atomic E-state index is 12.7.